The monoisotopic (exact) mass is 276 g/mol. The van der Waals surface area contributed by atoms with Crippen LogP contribution in [0.4, 0.5) is 4.79 Å². The number of urea groups is 1. The molecule has 0 aliphatic carbocycles. The van der Waals surface area contributed by atoms with Crippen LogP contribution in [0.2, 0.25) is 0 Å². The third-order valence-electron chi connectivity index (χ3n) is 2.44. The number of carbonyl (C=O) groups is 2. The number of hydrogen-bond donors (Lipinski definition) is 3. The van der Waals surface area contributed by atoms with E-state index in [1.54, 1.807) is 6.92 Å². The predicted molar refractivity (Wildman–Crippen MR) is 70.0 cm³/mol. The third-order valence-corrected chi connectivity index (χ3v) is 2.44. The van der Waals surface area contributed by atoms with Crippen LogP contribution in [0, 0.1) is 0 Å². The number of aliphatic hydroxyl groups excluding tert-OH is 1. The van der Waals surface area contributed by atoms with Crippen molar-refractivity contribution in [3.8, 4) is 0 Å². The van der Waals surface area contributed by atoms with Crippen LogP contribution in [0.3, 0.4) is 0 Å². The maximum Gasteiger partial charge on any atom is 0.317 e. The molecule has 7 heteroatoms. The molecule has 0 aromatic rings. The summed E-state index contributed by atoms with van der Waals surface area (Å²) < 4.78 is 5.24. The summed E-state index contributed by atoms with van der Waals surface area (Å²) in [6.45, 7) is 4.95. The van der Waals surface area contributed by atoms with E-state index < -0.39 is 12.1 Å². The molecule has 0 radical (unpaired) electrons. The Morgan fingerprint density at radius 1 is 1.32 bits per heavy atom. The number of carbonyl (C=O) groups excluding carboxylic acids is 1. The summed E-state index contributed by atoms with van der Waals surface area (Å²) in [7, 11) is 0. The Kier molecular flexibility index (Phi) is 9.82. The lowest BCUT2D eigenvalue weighted by molar-refractivity contribution is -0.140. The average molecular weight is 276 g/mol. The molecule has 2 amide bonds. The van der Waals surface area contributed by atoms with Crippen LogP contribution in [-0.4, -0.2) is 66.1 Å². The lowest BCUT2D eigenvalue weighted by Crippen LogP contribution is -2.45. The molecule has 3 N–H and O–H groups in total. The highest BCUT2D eigenvalue weighted by molar-refractivity contribution is 5.74. The first-order valence-electron chi connectivity index (χ1n) is 6.52. The van der Waals surface area contributed by atoms with Crippen molar-refractivity contribution < 1.29 is 24.5 Å². The predicted octanol–water partition coefficient (Wildman–Crippen LogP) is 0.280. The van der Waals surface area contributed by atoms with Crippen molar-refractivity contribution in [2.75, 3.05) is 32.8 Å². The smallest absolute Gasteiger partial charge is 0.317 e. The Morgan fingerprint density at radius 2 is 2.00 bits per heavy atom. The zero-order chi connectivity index (χ0) is 14.7. The van der Waals surface area contributed by atoms with Crippen molar-refractivity contribution >= 4 is 12.0 Å². The van der Waals surface area contributed by atoms with E-state index in [-0.39, 0.29) is 32.1 Å². The number of carboxylic acids is 1. The first kappa shape index (κ1) is 17.7. The summed E-state index contributed by atoms with van der Waals surface area (Å²) in [6.07, 6.45) is 0.100. The third kappa shape index (κ3) is 8.39. The molecule has 0 aliphatic heterocycles. The first-order chi connectivity index (χ1) is 9.04. The molecule has 0 heterocycles. The molecule has 0 aromatic carbocycles. The topological polar surface area (TPSA) is 99.1 Å². The quantitative estimate of drug-likeness (QED) is 0.532. The molecular formula is C12H24N2O5. The lowest BCUT2D eigenvalue weighted by atomic mass is 10.2. The Hall–Kier alpha value is -1.34. The molecule has 19 heavy (non-hydrogen) atoms. The molecule has 1 unspecified atom stereocenters. The van der Waals surface area contributed by atoms with Gasteiger partial charge in [-0.2, -0.15) is 0 Å². The Labute approximate surface area is 113 Å². The van der Waals surface area contributed by atoms with E-state index in [0.29, 0.717) is 13.2 Å². The molecule has 0 aromatic heterocycles. The maximum absolute atomic E-state index is 11.8. The second kappa shape index (κ2) is 10.6. The van der Waals surface area contributed by atoms with E-state index in [9.17, 15) is 9.59 Å². The van der Waals surface area contributed by atoms with Crippen molar-refractivity contribution in [3.05, 3.63) is 0 Å². The van der Waals surface area contributed by atoms with Gasteiger partial charge >= 0.3 is 12.0 Å². The van der Waals surface area contributed by atoms with Crippen LogP contribution >= 0.6 is 0 Å². The minimum atomic E-state index is -0.964. The van der Waals surface area contributed by atoms with Gasteiger partial charge in [0.05, 0.1) is 19.1 Å². The number of aliphatic carboxylic acids is 1. The van der Waals surface area contributed by atoms with Crippen LogP contribution in [-0.2, 0) is 9.53 Å². The van der Waals surface area contributed by atoms with Gasteiger partial charge in [-0.3, -0.25) is 4.79 Å². The van der Waals surface area contributed by atoms with E-state index in [1.165, 1.54) is 4.90 Å². The van der Waals surface area contributed by atoms with Gasteiger partial charge in [0, 0.05) is 26.2 Å². The molecule has 0 bridgehead atoms. The first-order valence-corrected chi connectivity index (χ1v) is 6.52. The van der Waals surface area contributed by atoms with E-state index >= 15 is 0 Å². The maximum atomic E-state index is 11.8. The van der Waals surface area contributed by atoms with E-state index in [1.807, 2.05) is 6.92 Å². The highest BCUT2D eigenvalue weighted by atomic mass is 16.5. The van der Waals surface area contributed by atoms with Gasteiger partial charge in [0.2, 0.25) is 0 Å². The highest BCUT2D eigenvalue weighted by Gasteiger charge is 2.17. The molecule has 7 nitrogen and oxygen atoms in total. The Bertz CT molecular complexity index is 267. The fraction of sp³-hybridized carbons (Fsp3) is 0.833. The lowest BCUT2D eigenvalue weighted by Gasteiger charge is -2.23. The summed E-state index contributed by atoms with van der Waals surface area (Å²) in [5.74, 6) is -0.964. The molecule has 0 rings (SSSR count). The summed E-state index contributed by atoms with van der Waals surface area (Å²) >= 11 is 0. The van der Waals surface area contributed by atoms with E-state index in [2.05, 4.69) is 5.32 Å². The minimum Gasteiger partial charge on any atom is -0.481 e. The SMILES string of the molecule is CCCN(CCO)C(=O)NCC(CC(=O)O)OCC. The number of aliphatic hydroxyl groups is 1. The highest BCUT2D eigenvalue weighted by Crippen LogP contribution is 1.99. The van der Waals surface area contributed by atoms with Crippen molar-refractivity contribution in [1.29, 1.82) is 0 Å². The van der Waals surface area contributed by atoms with Crippen LogP contribution in [0.15, 0.2) is 0 Å². The summed E-state index contributed by atoms with van der Waals surface area (Å²) in [5.41, 5.74) is 0. The zero-order valence-corrected chi connectivity index (χ0v) is 11.6. The number of nitrogens with zero attached hydrogens (tertiary/aromatic N) is 1. The Balaban J connectivity index is 4.23. The number of ether oxygens (including phenoxy) is 1. The fourth-order valence-electron chi connectivity index (χ4n) is 1.64. The largest absolute Gasteiger partial charge is 0.481 e. The van der Waals surface area contributed by atoms with Crippen molar-refractivity contribution in [2.24, 2.45) is 0 Å². The van der Waals surface area contributed by atoms with Gasteiger partial charge in [-0.25, -0.2) is 4.79 Å². The molecule has 0 spiro atoms. The molecule has 0 saturated heterocycles. The summed E-state index contributed by atoms with van der Waals surface area (Å²) in [6, 6.07) is -0.314. The van der Waals surface area contributed by atoms with Gasteiger partial charge in [0.25, 0.3) is 0 Å². The molecule has 112 valence electrons. The van der Waals surface area contributed by atoms with Crippen LogP contribution in [0.5, 0.6) is 0 Å². The zero-order valence-electron chi connectivity index (χ0n) is 11.6. The van der Waals surface area contributed by atoms with Crippen LogP contribution in [0.1, 0.15) is 26.7 Å². The molecule has 0 aliphatic rings. The van der Waals surface area contributed by atoms with Crippen molar-refractivity contribution in [2.45, 2.75) is 32.8 Å². The second-order valence-electron chi connectivity index (χ2n) is 4.07. The number of hydrogen-bond acceptors (Lipinski definition) is 4. The number of carboxylic acid groups (broad SMARTS) is 1. The molecule has 0 saturated carbocycles. The number of amides is 2. The standard InChI is InChI=1S/C12H24N2O5/c1-3-5-14(6-7-15)12(18)13-9-10(19-4-2)8-11(16)17/h10,15H,3-9H2,1-2H3,(H,13,18)(H,16,17). The van der Waals surface area contributed by atoms with Gasteiger partial charge < -0.3 is 25.2 Å². The minimum absolute atomic E-state index is 0.0998. The van der Waals surface area contributed by atoms with Gasteiger partial charge in [0.15, 0.2) is 0 Å². The van der Waals surface area contributed by atoms with Crippen molar-refractivity contribution in [3.63, 3.8) is 0 Å². The average Bonchev–Trinajstić information content (AvgIpc) is 2.35. The van der Waals surface area contributed by atoms with Crippen LogP contribution in [0.25, 0.3) is 0 Å². The molecular weight excluding hydrogens is 252 g/mol. The van der Waals surface area contributed by atoms with Gasteiger partial charge in [-0.05, 0) is 13.3 Å². The fourth-order valence-corrected chi connectivity index (χ4v) is 1.64. The van der Waals surface area contributed by atoms with E-state index in [0.717, 1.165) is 6.42 Å². The van der Waals surface area contributed by atoms with Gasteiger partial charge in [-0.1, -0.05) is 6.92 Å². The van der Waals surface area contributed by atoms with E-state index in [4.69, 9.17) is 14.9 Å². The summed E-state index contributed by atoms with van der Waals surface area (Å²) in [4.78, 5) is 23.9. The van der Waals surface area contributed by atoms with Gasteiger partial charge in [0.1, 0.15) is 0 Å². The van der Waals surface area contributed by atoms with Crippen molar-refractivity contribution in [1.82, 2.24) is 10.2 Å². The number of rotatable bonds is 10. The van der Waals surface area contributed by atoms with Gasteiger partial charge in [-0.15, -0.1) is 0 Å². The van der Waals surface area contributed by atoms with Crippen LogP contribution < -0.4 is 5.32 Å². The summed E-state index contributed by atoms with van der Waals surface area (Å²) in [5, 5.41) is 20.2. The normalized spacial score (nSPS) is 11.9. The second-order valence-corrected chi connectivity index (χ2v) is 4.07. The molecule has 1 atom stereocenters. The Morgan fingerprint density at radius 3 is 2.47 bits per heavy atom. The molecule has 0 fully saturated rings. The number of nitrogens with one attached hydrogen (secondary N) is 1.